The molecular weight excluding hydrogens is 248 g/mol. The fourth-order valence-corrected chi connectivity index (χ4v) is 1.70. The third-order valence-corrected chi connectivity index (χ3v) is 2.56. The third-order valence-electron chi connectivity index (χ3n) is 1.85. The van der Waals surface area contributed by atoms with E-state index in [1.807, 2.05) is 24.3 Å². The Hall–Kier alpha value is -0.870. The van der Waals surface area contributed by atoms with Crippen LogP contribution in [0.2, 0.25) is 0 Å². The molecule has 4 heteroatoms. The van der Waals surface area contributed by atoms with Gasteiger partial charge in [0.25, 0.3) is 0 Å². The van der Waals surface area contributed by atoms with E-state index in [1.165, 1.54) is 0 Å². The summed E-state index contributed by atoms with van der Waals surface area (Å²) in [5.74, 6) is 0. The van der Waals surface area contributed by atoms with Gasteiger partial charge in [0, 0.05) is 15.4 Å². The molecule has 0 atom stereocenters. The fraction of sp³-hybridized carbons (Fsp3) is 0. The molecule has 0 aliphatic heterocycles. The van der Waals surface area contributed by atoms with E-state index < -0.39 is 0 Å². The highest BCUT2D eigenvalue weighted by atomic mass is 79.9. The van der Waals surface area contributed by atoms with Crippen LogP contribution in [0.3, 0.4) is 0 Å². The van der Waals surface area contributed by atoms with Crippen molar-refractivity contribution in [2.75, 3.05) is 0 Å². The van der Waals surface area contributed by atoms with Crippen molar-refractivity contribution in [3.05, 3.63) is 34.4 Å². The number of benzene rings is 1. The SMILES string of the molecule is NC(=S)c1cc2ccc(Br)cc2[nH]1. The van der Waals surface area contributed by atoms with E-state index in [4.69, 9.17) is 18.0 Å². The van der Waals surface area contributed by atoms with Gasteiger partial charge in [-0.2, -0.15) is 0 Å². The Bertz CT molecular complexity index is 475. The zero-order valence-electron chi connectivity index (χ0n) is 6.67. The van der Waals surface area contributed by atoms with Gasteiger partial charge in [0.05, 0.1) is 5.69 Å². The average molecular weight is 255 g/mol. The predicted molar refractivity (Wildman–Crippen MR) is 61.9 cm³/mol. The maximum atomic E-state index is 5.50. The normalized spacial score (nSPS) is 10.5. The van der Waals surface area contributed by atoms with E-state index in [0.29, 0.717) is 4.99 Å². The minimum absolute atomic E-state index is 0.396. The molecule has 2 nitrogen and oxygen atoms in total. The van der Waals surface area contributed by atoms with Crippen molar-refractivity contribution in [2.24, 2.45) is 5.73 Å². The van der Waals surface area contributed by atoms with Gasteiger partial charge in [0.2, 0.25) is 0 Å². The van der Waals surface area contributed by atoms with Gasteiger partial charge in [-0.1, -0.05) is 34.2 Å². The number of hydrogen-bond acceptors (Lipinski definition) is 1. The van der Waals surface area contributed by atoms with Crippen molar-refractivity contribution in [3.63, 3.8) is 0 Å². The smallest absolute Gasteiger partial charge is 0.120 e. The highest BCUT2D eigenvalue weighted by Crippen LogP contribution is 2.20. The number of aromatic amines is 1. The summed E-state index contributed by atoms with van der Waals surface area (Å²) in [5.41, 5.74) is 7.35. The second-order valence-corrected chi connectivity index (χ2v) is 4.13. The molecule has 0 saturated heterocycles. The first kappa shape index (κ1) is 8.72. The molecule has 0 aliphatic rings. The van der Waals surface area contributed by atoms with Gasteiger partial charge < -0.3 is 10.7 Å². The molecule has 0 amide bonds. The van der Waals surface area contributed by atoms with Crippen molar-refractivity contribution >= 4 is 44.0 Å². The number of nitrogens with one attached hydrogen (secondary N) is 1. The first-order valence-electron chi connectivity index (χ1n) is 3.75. The molecule has 2 aromatic rings. The average Bonchev–Trinajstić information content (AvgIpc) is 2.46. The van der Waals surface area contributed by atoms with Crippen molar-refractivity contribution in [2.45, 2.75) is 0 Å². The first-order chi connectivity index (χ1) is 6.16. The van der Waals surface area contributed by atoms with Crippen LogP contribution in [0.5, 0.6) is 0 Å². The molecule has 1 heterocycles. The molecule has 0 fully saturated rings. The number of nitrogens with two attached hydrogens (primary N) is 1. The van der Waals surface area contributed by atoms with Gasteiger partial charge in [-0.05, 0) is 18.2 Å². The van der Waals surface area contributed by atoms with Crippen molar-refractivity contribution in [1.29, 1.82) is 0 Å². The van der Waals surface area contributed by atoms with Crippen molar-refractivity contribution in [3.8, 4) is 0 Å². The summed E-state index contributed by atoms with van der Waals surface area (Å²) in [7, 11) is 0. The lowest BCUT2D eigenvalue weighted by Crippen LogP contribution is -2.09. The molecule has 0 aliphatic carbocycles. The Kier molecular flexibility index (Phi) is 2.09. The summed E-state index contributed by atoms with van der Waals surface area (Å²) < 4.78 is 1.04. The van der Waals surface area contributed by atoms with Crippen molar-refractivity contribution in [1.82, 2.24) is 4.98 Å². The standard InChI is InChI=1S/C9H7BrN2S/c10-6-2-1-5-3-8(9(11)13)12-7(5)4-6/h1-4,12H,(H2,11,13). The molecule has 3 N–H and O–H groups in total. The number of fused-ring (bicyclic) bond motifs is 1. The van der Waals surface area contributed by atoms with Crippen LogP contribution in [0.1, 0.15) is 5.69 Å². The second-order valence-electron chi connectivity index (χ2n) is 2.78. The topological polar surface area (TPSA) is 41.8 Å². The molecular formula is C9H7BrN2S. The Morgan fingerprint density at radius 1 is 1.38 bits per heavy atom. The van der Waals surface area contributed by atoms with Crippen LogP contribution in [0, 0.1) is 0 Å². The van der Waals surface area contributed by atoms with Gasteiger partial charge >= 0.3 is 0 Å². The molecule has 0 spiro atoms. The van der Waals surface area contributed by atoms with Gasteiger partial charge in [-0.3, -0.25) is 0 Å². The van der Waals surface area contributed by atoms with Crippen LogP contribution in [-0.2, 0) is 0 Å². The van der Waals surface area contributed by atoms with Crippen LogP contribution >= 0.6 is 28.1 Å². The predicted octanol–water partition coefficient (Wildman–Crippen LogP) is 2.56. The van der Waals surface area contributed by atoms with E-state index in [2.05, 4.69) is 20.9 Å². The van der Waals surface area contributed by atoms with Crippen LogP contribution in [-0.4, -0.2) is 9.97 Å². The Morgan fingerprint density at radius 3 is 2.85 bits per heavy atom. The first-order valence-corrected chi connectivity index (χ1v) is 4.95. The van der Waals surface area contributed by atoms with Gasteiger partial charge in [0.1, 0.15) is 4.99 Å². The zero-order valence-corrected chi connectivity index (χ0v) is 9.08. The number of aromatic nitrogens is 1. The summed E-state index contributed by atoms with van der Waals surface area (Å²) >= 11 is 8.27. The Labute approximate surface area is 89.3 Å². The molecule has 0 radical (unpaired) electrons. The molecule has 2 rings (SSSR count). The lowest BCUT2D eigenvalue weighted by Gasteiger charge is -1.90. The van der Waals surface area contributed by atoms with Gasteiger partial charge in [0.15, 0.2) is 0 Å². The molecule has 66 valence electrons. The quantitative estimate of drug-likeness (QED) is 0.769. The number of hydrogen-bond donors (Lipinski definition) is 2. The lowest BCUT2D eigenvalue weighted by atomic mass is 10.2. The highest BCUT2D eigenvalue weighted by Gasteiger charge is 2.02. The lowest BCUT2D eigenvalue weighted by molar-refractivity contribution is 1.42. The minimum atomic E-state index is 0.396. The maximum Gasteiger partial charge on any atom is 0.120 e. The van der Waals surface area contributed by atoms with Crippen LogP contribution in [0.4, 0.5) is 0 Å². The highest BCUT2D eigenvalue weighted by molar-refractivity contribution is 9.10. The van der Waals surface area contributed by atoms with E-state index in [0.717, 1.165) is 21.1 Å². The second kappa shape index (κ2) is 3.12. The summed E-state index contributed by atoms with van der Waals surface area (Å²) in [6.45, 7) is 0. The van der Waals surface area contributed by atoms with E-state index >= 15 is 0 Å². The maximum absolute atomic E-state index is 5.50. The van der Waals surface area contributed by atoms with Gasteiger partial charge in [-0.25, -0.2) is 0 Å². The van der Waals surface area contributed by atoms with Crippen LogP contribution in [0.15, 0.2) is 28.7 Å². The fourth-order valence-electron chi connectivity index (χ4n) is 1.23. The largest absolute Gasteiger partial charge is 0.388 e. The van der Waals surface area contributed by atoms with Crippen LogP contribution < -0.4 is 5.73 Å². The number of rotatable bonds is 1. The molecule has 1 aromatic carbocycles. The number of H-pyrrole nitrogens is 1. The molecule has 0 unspecified atom stereocenters. The van der Waals surface area contributed by atoms with Gasteiger partial charge in [-0.15, -0.1) is 0 Å². The van der Waals surface area contributed by atoms with E-state index in [-0.39, 0.29) is 0 Å². The van der Waals surface area contributed by atoms with Crippen molar-refractivity contribution < 1.29 is 0 Å². The monoisotopic (exact) mass is 254 g/mol. The number of thiocarbonyl (C=S) groups is 1. The van der Waals surface area contributed by atoms with Crippen LogP contribution in [0.25, 0.3) is 10.9 Å². The third kappa shape index (κ3) is 1.59. The molecule has 0 bridgehead atoms. The zero-order chi connectivity index (χ0) is 9.42. The minimum Gasteiger partial charge on any atom is -0.388 e. The van der Waals surface area contributed by atoms with E-state index in [9.17, 15) is 0 Å². The Balaban J connectivity index is 2.68. The summed E-state index contributed by atoms with van der Waals surface area (Å²) in [4.78, 5) is 3.54. The molecule has 13 heavy (non-hydrogen) atoms. The Morgan fingerprint density at radius 2 is 2.15 bits per heavy atom. The summed E-state index contributed by atoms with van der Waals surface area (Å²) in [6, 6.07) is 7.94. The molecule has 1 aromatic heterocycles. The summed E-state index contributed by atoms with van der Waals surface area (Å²) in [6.07, 6.45) is 0. The van der Waals surface area contributed by atoms with E-state index in [1.54, 1.807) is 0 Å². The molecule has 0 saturated carbocycles. The number of halogens is 1. The summed E-state index contributed by atoms with van der Waals surface area (Å²) in [5, 5.41) is 1.12.